The molecule has 0 saturated heterocycles. The molecule has 0 radical (unpaired) electrons. The van der Waals surface area contributed by atoms with Crippen LogP contribution < -0.4 is 0 Å². The fraction of sp³-hybridized carbons (Fsp3) is 0.636. The first kappa shape index (κ1) is 12.4. The van der Waals surface area contributed by atoms with Crippen molar-refractivity contribution in [1.82, 2.24) is 9.97 Å². The lowest BCUT2D eigenvalue weighted by atomic mass is 9.93. The molecule has 0 fully saturated rings. The van der Waals surface area contributed by atoms with Crippen LogP contribution in [0, 0.1) is 5.41 Å². The van der Waals surface area contributed by atoms with Gasteiger partial charge in [0.25, 0.3) is 0 Å². The second-order valence-electron chi connectivity index (χ2n) is 4.69. The Bertz CT molecular complexity index is 292. The lowest BCUT2D eigenvalue weighted by molar-refractivity contribution is 0.0939. The zero-order chi connectivity index (χ0) is 11.3. The lowest BCUT2D eigenvalue weighted by Gasteiger charge is -2.17. The molecule has 4 heteroatoms. The summed E-state index contributed by atoms with van der Waals surface area (Å²) < 4.78 is 5.49. The summed E-state index contributed by atoms with van der Waals surface area (Å²) in [5, 5.41) is 0.411. The molecule has 0 spiro atoms. The topological polar surface area (TPSA) is 35.0 Å². The van der Waals surface area contributed by atoms with E-state index in [4.69, 9.17) is 16.3 Å². The number of aromatic nitrogens is 2. The molecule has 0 aliphatic rings. The summed E-state index contributed by atoms with van der Waals surface area (Å²) in [6.07, 6.45) is 4.21. The van der Waals surface area contributed by atoms with Crippen LogP contribution in [-0.2, 0) is 11.3 Å². The molecule has 3 nitrogen and oxygen atoms in total. The van der Waals surface area contributed by atoms with Crippen LogP contribution in [-0.4, -0.2) is 16.6 Å². The molecule has 0 aromatic carbocycles. The van der Waals surface area contributed by atoms with Crippen LogP contribution in [0.15, 0.2) is 12.4 Å². The Labute approximate surface area is 95.8 Å². The van der Waals surface area contributed by atoms with Gasteiger partial charge in [0.1, 0.15) is 5.15 Å². The summed E-state index contributed by atoms with van der Waals surface area (Å²) in [6, 6.07) is 0. The van der Waals surface area contributed by atoms with E-state index in [1.807, 2.05) is 0 Å². The summed E-state index contributed by atoms with van der Waals surface area (Å²) in [5.74, 6) is 0. The Morgan fingerprint density at radius 1 is 1.27 bits per heavy atom. The Morgan fingerprint density at radius 2 is 2.00 bits per heavy atom. The number of halogens is 1. The third-order valence-electron chi connectivity index (χ3n) is 1.92. The Balaban J connectivity index is 2.23. The largest absolute Gasteiger partial charge is 0.375 e. The molecular weight excluding hydrogens is 212 g/mol. The molecule has 15 heavy (non-hydrogen) atoms. The van der Waals surface area contributed by atoms with Gasteiger partial charge in [-0.1, -0.05) is 32.4 Å². The lowest BCUT2D eigenvalue weighted by Crippen LogP contribution is -2.09. The summed E-state index contributed by atoms with van der Waals surface area (Å²) in [6.45, 7) is 7.82. The van der Waals surface area contributed by atoms with Crippen LogP contribution in [0.1, 0.15) is 32.9 Å². The van der Waals surface area contributed by atoms with E-state index < -0.39 is 0 Å². The maximum atomic E-state index is 5.62. The normalized spacial score (nSPS) is 11.7. The number of hydrogen-bond acceptors (Lipinski definition) is 3. The van der Waals surface area contributed by atoms with Gasteiger partial charge in [0.15, 0.2) is 0 Å². The summed E-state index contributed by atoms with van der Waals surface area (Å²) >= 11 is 5.62. The van der Waals surface area contributed by atoms with Gasteiger partial charge in [-0.3, -0.25) is 4.98 Å². The number of rotatable bonds is 4. The van der Waals surface area contributed by atoms with Gasteiger partial charge in [-0.25, -0.2) is 4.98 Å². The van der Waals surface area contributed by atoms with E-state index >= 15 is 0 Å². The zero-order valence-electron chi connectivity index (χ0n) is 9.46. The first-order valence-corrected chi connectivity index (χ1v) is 5.39. The van der Waals surface area contributed by atoms with Crippen LogP contribution in [0.3, 0.4) is 0 Å². The first-order chi connectivity index (χ1) is 6.97. The number of ether oxygens (including phenoxy) is 1. The Kier molecular flexibility index (Phi) is 4.48. The van der Waals surface area contributed by atoms with Gasteiger partial charge in [-0.2, -0.15) is 0 Å². The number of hydrogen-bond donors (Lipinski definition) is 0. The Morgan fingerprint density at radius 3 is 2.53 bits per heavy atom. The second kappa shape index (κ2) is 5.42. The summed E-state index contributed by atoms with van der Waals surface area (Å²) in [5.41, 5.74) is 1.12. The van der Waals surface area contributed by atoms with E-state index in [1.165, 1.54) is 6.20 Å². The van der Waals surface area contributed by atoms with E-state index in [0.29, 0.717) is 17.2 Å². The highest BCUT2D eigenvalue weighted by atomic mass is 35.5. The van der Waals surface area contributed by atoms with Crippen LogP contribution in [0.25, 0.3) is 0 Å². The molecule has 84 valence electrons. The van der Waals surface area contributed by atoms with Gasteiger partial charge in [0.2, 0.25) is 0 Å². The van der Waals surface area contributed by atoms with Crippen LogP contribution in [0.2, 0.25) is 5.15 Å². The highest BCUT2D eigenvalue weighted by molar-refractivity contribution is 6.29. The molecule has 0 amide bonds. The van der Waals surface area contributed by atoms with Crippen molar-refractivity contribution in [2.24, 2.45) is 5.41 Å². The van der Waals surface area contributed by atoms with Gasteiger partial charge in [0.05, 0.1) is 24.7 Å². The first-order valence-electron chi connectivity index (χ1n) is 5.01. The maximum absolute atomic E-state index is 5.62. The standard InChI is InChI=1S/C11H17ClN2O/c1-11(2,3)4-5-15-8-9-6-14-10(12)7-13-9/h6-7H,4-5,8H2,1-3H3. The van der Waals surface area contributed by atoms with Crippen molar-refractivity contribution in [2.75, 3.05) is 6.61 Å². The van der Waals surface area contributed by atoms with E-state index in [-0.39, 0.29) is 0 Å². The average Bonchev–Trinajstić information content (AvgIpc) is 2.14. The van der Waals surface area contributed by atoms with Crippen LogP contribution in [0.4, 0.5) is 0 Å². The third-order valence-corrected chi connectivity index (χ3v) is 2.12. The quantitative estimate of drug-likeness (QED) is 0.743. The predicted molar refractivity (Wildman–Crippen MR) is 60.8 cm³/mol. The maximum Gasteiger partial charge on any atom is 0.147 e. The fourth-order valence-electron chi connectivity index (χ4n) is 0.969. The van der Waals surface area contributed by atoms with Crippen molar-refractivity contribution >= 4 is 11.6 Å². The second-order valence-corrected chi connectivity index (χ2v) is 5.08. The molecule has 1 aromatic heterocycles. The van der Waals surface area contributed by atoms with Gasteiger partial charge >= 0.3 is 0 Å². The predicted octanol–water partition coefficient (Wildman–Crippen LogP) is 3.08. The minimum atomic E-state index is 0.311. The van der Waals surface area contributed by atoms with Crippen LogP contribution in [0.5, 0.6) is 0 Å². The minimum Gasteiger partial charge on any atom is -0.375 e. The fourth-order valence-corrected chi connectivity index (χ4v) is 1.07. The molecule has 0 saturated carbocycles. The smallest absolute Gasteiger partial charge is 0.147 e. The van der Waals surface area contributed by atoms with Gasteiger partial charge in [-0.15, -0.1) is 0 Å². The van der Waals surface area contributed by atoms with Gasteiger partial charge in [-0.05, 0) is 11.8 Å². The van der Waals surface area contributed by atoms with Crippen molar-refractivity contribution in [3.05, 3.63) is 23.2 Å². The van der Waals surface area contributed by atoms with E-state index in [2.05, 4.69) is 30.7 Å². The summed E-state index contributed by atoms with van der Waals surface area (Å²) in [7, 11) is 0. The molecule has 1 rings (SSSR count). The Hall–Kier alpha value is -0.670. The molecule has 0 bridgehead atoms. The molecule has 0 unspecified atom stereocenters. The zero-order valence-corrected chi connectivity index (χ0v) is 10.2. The van der Waals surface area contributed by atoms with E-state index in [0.717, 1.165) is 18.7 Å². The highest BCUT2D eigenvalue weighted by Crippen LogP contribution is 2.18. The molecule has 0 aliphatic heterocycles. The van der Waals surface area contributed by atoms with E-state index in [9.17, 15) is 0 Å². The molecular formula is C11H17ClN2O. The van der Waals surface area contributed by atoms with E-state index in [1.54, 1.807) is 6.20 Å². The average molecular weight is 229 g/mol. The monoisotopic (exact) mass is 228 g/mol. The van der Waals surface area contributed by atoms with Crippen molar-refractivity contribution in [2.45, 2.75) is 33.8 Å². The molecule has 0 atom stereocenters. The van der Waals surface area contributed by atoms with Gasteiger partial charge in [0, 0.05) is 6.61 Å². The van der Waals surface area contributed by atoms with Crippen molar-refractivity contribution in [3.8, 4) is 0 Å². The van der Waals surface area contributed by atoms with Gasteiger partial charge < -0.3 is 4.74 Å². The third kappa shape index (κ3) is 5.70. The molecule has 1 heterocycles. The number of nitrogens with zero attached hydrogens (tertiary/aromatic N) is 2. The van der Waals surface area contributed by atoms with Crippen molar-refractivity contribution < 1.29 is 4.74 Å². The van der Waals surface area contributed by atoms with Crippen molar-refractivity contribution in [1.29, 1.82) is 0 Å². The minimum absolute atomic E-state index is 0.311. The van der Waals surface area contributed by atoms with Crippen LogP contribution >= 0.6 is 11.6 Å². The molecule has 1 aromatic rings. The highest BCUT2D eigenvalue weighted by Gasteiger charge is 2.09. The molecule has 0 N–H and O–H groups in total. The SMILES string of the molecule is CC(C)(C)CCOCc1cnc(Cl)cn1. The summed E-state index contributed by atoms with van der Waals surface area (Å²) in [4.78, 5) is 8.02. The molecule has 0 aliphatic carbocycles. The van der Waals surface area contributed by atoms with Crippen molar-refractivity contribution in [3.63, 3.8) is 0 Å².